The van der Waals surface area contributed by atoms with Crippen LogP contribution in [0.4, 0.5) is 5.69 Å². The Balaban J connectivity index is 1.73. The van der Waals surface area contributed by atoms with Gasteiger partial charge in [0.1, 0.15) is 17.2 Å². The molecule has 0 amide bonds. The fourth-order valence-corrected chi connectivity index (χ4v) is 6.14. The van der Waals surface area contributed by atoms with Crippen molar-refractivity contribution in [2.45, 2.75) is 51.4 Å². The minimum atomic E-state index is -1.28. The van der Waals surface area contributed by atoms with Crippen LogP contribution in [0, 0.1) is 11.3 Å². The molecule has 0 fully saturated rings. The van der Waals surface area contributed by atoms with Gasteiger partial charge >= 0.3 is 11.6 Å². The fourth-order valence-electron chi connectivity index (χ4n) is 5.18. The predicted molar refractivity (Wildman–Crippen MR) is 135 cm³/mol. The lowest BCUT2D eigenvalue weighted by molar-refractivity contribution is -0.132. The lowest BCUT2D eigenvalue weighted by atomic mass is 9.69. The zero-order chi connectivity index (χ0) is 24.4. The summed E-state index contributed by atoms with van der Waals surface area (Å²) >= 11 is 1.26. The number of carboxylic acids is 1. The Kier molecular flexibility index (Phi) is 4.99. The van der Waals surface area contributed by atoms with E-state index in [9.17, 15) is 9.59 Å². The Hall–Kier alpha value is -3.37. The van der Waals surface area contributed by atoms with E-state index in [4.69, 9.17) is 14.8 Å². The number of aliphatic carboxylic acids is 1. The molecular weight excluding hydrogens is 448 g/mol. The molecule has 0 radical (unpaired) electrons. The van der Waals surface area contributed by atoms with Crippen LogP contribution in [0.5, 0.6) is 0 Å². The van der Waals surface area contributed by atoms with Gasteiger partial charge in [0.05, 0.1) is 5.56 Å². The van der Waals surface area contributed by atoms with E-state index in [1.165, 1.54) is 28.7 Å². The molecule has 0 unspecified atom stereocenters. The lowest BCUT2D eigenvalue weighted by Gasteiger charge is -2.48. The summed E-state index contributed by atoms with van der Waals surface area (Å²) in [6.07, 6.45) is 3.38. The van der Waals surface area contributed by atoms with Crippen molar-refractivity contribution in [1.82, 2.24) is 0 Å². The summed E-state index contributed by atoms with van der Waals surface area (Å²) in [7, 11) is 0. The van der Waals surface area contributed by atoms with Gasteiger partial charge < -0.3 is 14.4 Å². The highest BCUT2D eigenvalue weighted by Crippen LogP contribution is 2.51. The third-order valence-electron chi connectivity index (χ3n) is 7.26. The number of benzene rings is 1. The van der Waals surface area contributed by atoms with Crippen LogP contribution in [0.25, 0.3) is 27.5 Å². The molecule has 2 aliphatic rings. The van der Waals surface area contributed by atoms with Crippen LogP contribution in [-0.4, -0.2) is 24.2 Å². The highest BCUT2D eigenvalue weighted by atomic mass is 32.1. The van der Waals surface area contributed by atoms with Crippen molar-refractivity contribution in [3.05, 3.63) is 56.3 Å². The Morgan fingerprint density at radius 2 is 1.88 bits per heavy atom. The van der Waals surface area contributed by atoms with Gasteiger partial charge in [0.2, 0.25) is 0 Å². The first-order valence-electron chi connectivity index (χ1n) is 11.4. The van der Waals surface area contributed by atoms with E-state index < -0.39 is 11.6 Å². The molecule has 0 saturated heterocycles. The standard InChI is InChI=1S/C27H26N2O4S/c1-26(2)7-9-29-10-8-27(3,4)21-22(29)19(26)13-15-12-18(25(32)33-23(15)21)20-6-5-17(34-20)11-16(14-28)24(30)31/h5-6,11-13H,7-10H2,1-4H3,(H,30,31)/b16-11-. The van der Waals surface area contributed by atoms with E-state index in [0.717, 1.165) is 36.9 Å². The summed E-state index contributed by atoms with van der Waals surface area (Å²) in [5, 5.41) is 19.1. The van der Waals surface area contributed by atoms with Crippen LogP contribution in [0.1, 0.15) is 56.5 Å². The molecule has 5 rings (SSSR count). The van der Waals surface area contributed by atoms with Gasteiger partial charge in [0.25, 0.3) is 0 Å². The van der Waals surface area contributed by atoms with Crippen LogP contribution in [0.2, 0.25) is 0 Å². The van der Waals surface area contributed by atoms with E-state index in [0.29, 0.717) is 20.9 Å². The number of anilines is 1. The molecule has 0 spiro atoms. The number of fused-ring (bicyclic) bond motifs is 2. The van der Waals surface area contributed by atoms with Crippen molar-refractivity contribution < 1.29 is 14.3 Å². The van der Waals surface area contributed by atoms with Gasteiger partial charge in [0, 0.05) is 39.5 Å². The van der Waals surface area contributed by atoms with Crippen molar-refractivity contribution in [1.29, 1.82) is 5.26 Å². The first-order chi connectivity index (χ1) is 16.0. The third kappa shape index (κ3) is 3.45. The lowest BCUT2D eigenvalue weighted by Crippen LogP contribution is -2.44. The summed E-state index contributed by atoms with van der Waals surface area (Å²) in [5.74, 6) is -1.28. The molecule has 6 nitrogen and oxygen atoms in total. The largest absolute Gasteiger partial charge is 0.477 e. The summed E-state index contributed by atoms with van der Waals surface area (Å²) in [5.41, 5.74) is 3.90. The molecule has 0 atom stereocenters. The monoisotopic (exact) mass is 474 g/mol. The number of hydrogen-bond acceptors (Lipinski definition) is 6. The first-order valence-corrected chi connectivity index (χ1v) is 12.2. The molecule has 1 aromatic carbocycles. The normalized spacial score (nSPS) is 18.4. The van der Waals surface area contributed by atoms with E-state index in [1.807, 2.05) is 6.07 Å². The van der Waals surface area contributed by atoms with Crippen LogP contribution in [-0.2, 0) is 15.6 Å². The molecule has 34 heavy (non-hydrogen) atoms. The molecule has 1 N–H and O–H groups in total. The second kappa shape index (κ2) is 7.57. The Morgan fingerprint density at radius 3 is 2.56 bits per heavy atom. The van der Waals surface area contributed by atoms with Gasteiger partial charge in [-0.2, -0.15) is 5.26 Å². The molecule has 0 bridgehead atoms. The van der Waals surface area contributed by atoms with Crippen LogP contribution in [0.3, 0.4) is 0 Å². The van der Waals surface area contributed by atoms with Crippen molar-refractivity contribution >= 4 is 40.0 Å². The second-order valence-electron chi connectivity index (χ2n) is 10.4. The fraction of sp³-hybridized carbons (Fsp3) is 0.370. The number of nitriles is 1. The molecule has 7 heteroatoms. The van der Waals surface area contributed by atoms with Crippen molar-refractivity contribution in [2.75, 3.05) is 18.0 Å². The van der Waals surface area contributed by atoms with Crippen LogP contribution >= 0.6 is 11.3 Å². The SMILES string of the molecule is CC1(C)CCN2CCC(C)(C)c3c2c1cc1cc(-c2ccc(/C=C(/C#N)C(=O)O)s2)c(=O)oc31. The van der Waals surface area contributed by atoms with Crippen LogP contribution in [0.15, 0.2) is 39.1 Å². The Bertz CT molecular complexity index is 1480. The minimum Gasteiger partial charge on any atom is -0.477 e. The van der Waals surface area contributed by atoms with E-state index >= 15 is 0 Å². The number of thiophene rings is 1. The van der Waals surface area contributed by atoms with Gasteiger partial charge in [-0.3, -0.25) is 0 Å². The number of hydrogen-bond donors (Lipinski definition) is 1. The summed E-state index contributed by atoms with van der Waals surface area (Å²) in [6.45, 7) is 11.0. The molecule has 3 aromatic rings. The summed E-state index contributed by atoms with van der Waals surface area (Å²) < 4.78 is 6.03. The maximum atomic E-state index is 13.2. The van der Waals surface area contributed by atoms with Crippen LogP contribution < -0.4 is 10.5 Å². The average Bonchev–Trinajstić information content (AvgIpc) is 3.23. The molecule has 0 aliphatic carbocycles. The number of carboxylic acid groups (broad SMARTS) is 1. The highest BCUT2D eigenvalue weighted by Gasteiger charge is 2.42. The van der Waals surface area contributed by atoms with Crippen molar-refractivity contribution in [2.24, 2.45) is 0 Å². The molecular formula is C27H26N2O4S. The van der Waals surface area contributed by atoms with Gasteiger partial charge in [0.15, 0.2) is 0 Å². The van der Waals surface area contributed by atoms with Crippen molar-refractivity contribution in [3.8, 4) is 16.5 Å². The predicted octanol–water partition coefficient (Wildman–Crippen LogP) is 5.68. The average molecular weight is 475 g/mol. The number of nitrogens with zero attached hydrogens (tertiary/aromatic N) is 2. The molecule has 2 aromatic heterocycles. The quantitative estimate of drug-likeness (QED) is 0.298. The van der Waals surface area contributed by atoms with Crippen molar-refractivity contribution in [3.63, 3.8) is 0 Å². The van der Waals surface area contributed by atoms with E-state index in [1.54, 1.807) is 18.2 Å². The maximum Gasteiger partial charge on any atom is 0.346 e. The number of rotatable bonds is 3. The third-order valence-corrected chi connectivity index (χ3v) is 8.33. The highest BCUT2D eigenvalue weighted by molar-refractivity contribution is 7.16. The van der Waals surface area contributed by atoms with Gasteiger partial charge in [-0.25, -0.2) is 9.59 Å². The molecule has 2 aliphatic heterocycles. The molecule has 174 valence electrons. The minimum absolute atomic E-state index is 0.0178. The Labute approximate surface area is 201 Å². The summed E-state index contributed by atoms with van der Waals surface area (Å²) in [4.78, 5) is 28.0. The second-order valence-corrected chi connectivity index (χ2v) is 11.6. The zero-order valence-corrected chi connectivity index (χ0v) is 20.5. The van der Waals surface area contributed by atoms with E-state index in [-0.39, 0.29) is 16.4 Å². The Morgan fingerprint density at radius 1 is 1.18 bits per heavy atom. The van der Waals surface area contributed by atoms with E-state index in [2.05, 4.69) is 38.7 Å². The van der Waals surface area contributed by atoms with Gasteiger partial charge in [-0.1, -0.05) is 27.7 Å². The summed E-state index contributed by atoms with van der Waals surface area (Å²) in [6, 6.07) is 9.25. The number of carbonyl (C=O) groups is 1. The van der Waals surface area contributed by atoms with Gasteiger partial charge in [-0.15, -0.1) is 11.3 Å². The van der Waals surface area contributed by atoms with Gasteiger partial charge in [-0.05, 0) is 59.6 Å². The smallest absolute Gasteiger partial charge is 0.346 e. The first kappa shape index (κ1) is 22.4. The molecule has 0 saturated carbocycles. The zero-order valence-electron chi connectivity index (χ0n) is 19.7. The maximum absolute atomic E-state index is 13.2. The molecule has 4 heterocycles. The topological polar surface area (TPSA) is 94.5 Å².